The molecule has 2 rings (SSSR count). The van der Waals surface area contributed by atoms with Gasteiger partial charge in [-0.25, -0.2) is 9.37 Å². The second kappa shape index (κ2) is 4.98. The standard InChI is InChI=1S/C14H18FN3S/c1-8-11(10-6-5-9(15)7-17-10)18-13(19-8)12(16)14(2,3)4/h5-7,12H,16H2,1-4H3. The van der Waals surface area contributed by atoms with Crippen LogP contribution in [0.25, 0.3) is 11.4 Å². The molecule has 2 heterocycles. The van der Waals surface area contributed by atoms with Gasteiger partial charge in [0.05, 0.1) is 17.9 Å². The number of thiazole rings is 1. The molecule has 0 radical (unpaired) electrons. The zero-order chi connectivity index (χ0) is 14.2. The summed E-state index contributed by atoms with van der Waals surface area (Å²) in [4.78, 5) is 9.71. The first-order chi connectivity index (χ1) is 8.79. The zero-order valence-electron chi connectivity index (χ0n) is 11.6. The Bertz CT molecular complexity index is 569. The van der Waals surface area contributed by atoms with E-state index in [0.29, 0.717) is 5.69 Å². The second-order valence-electron chi connectivity index (χ2n) is 5.66. The van der Waals surface area contributed by atoms with Crippen molar-refractivity contribution in [3.05, 3.63) is 34.0 Å². The molecule has 0 aromatic carbocycles. The summed E-state index contributed by atoms with van der Waals surface area (Å²) in [7, 11) is 0. The van der Waals surface area contributed by atoms with Crippen LogP contribution < -0.4 is 5.73 Å². The van der Waals surface area contributed by atoms with E-state index in [0.717, 1.165) is 15.6 Å². The van der Waals surface area contributed by atoms with Crippen molar-refractivity contribution in [2.24, 2.45) is 11.1 Å². The van der Waals surface area contributed by atoms with E-state index < -0.39 is 0 Å². The largest absolute Gasteiger partial charge is 0.322 e. The molecule has 1 atom stereocenters. The van der Waals surface area contributed by atoms with E-state index in [9.17, 15) is 4.39 Å². The lowest BCUT2D eigenvalue weighted by atomic mass is 9.88. The number of halogens is 1. The Balaban J connectivity index is 2.39. The smallest absolute Gasteiger partial charge is 0.141 e. The van der Waals surface area contributed by atoms with Gasteiger partial charge in [0, 0.05) is 4.88 Å². The third-order valence-corrected chi connectivity index (χ3v) is 4.04. The van der Waals surface area contributed by atoms with Gasteiger partial charge in [-0.2, -0.15) is 0 Å². The molecule has 0 aliphatic carbocycles. The first-order valence-corrected chi connectivity index (χ1v) is 6.95. The van der Waals surface area contributed by atoms with Crippen LogP contribution in [0.1, 0.15) is 36.7 Å². The third-order valence-electron chi connectivity index (χ3n) is 2.98. The minimum Gasteiger partial charge on any atom is -0.322 e. The quantitative estimate of drug-likeness (QED) is 0.912. The summed E-state index contributed by atoms with van der Waals surface area (Å²) in [6.07, 6.45) is 1.21. The van der Waals surface area contributed by atoms with Gasteiger partial charge >= 0.3 is 0 Å². The van der Waals surface area contributed by atoms with Crippen LogP contribution in [0.5, 0.6) is 0 Å². The highest BCUT2D eigenvalue weighted by Crippen LogP contribution is 2.36. The Morgan fingerprint density at radius 3 is 2.53 bits per heavy atom. The number of hydrogen-bond donors (Lipinski definition) is 1. The monoisotopic (exact) mass is 279 g/mol. The van der Waals surface area contributed by atoms with E-state index in [2.05, 4.69) is 30.7 Å². The van der Waals surface area contributed by atoms with Gasteiger partial charge in [0.2, 0.25) is 0 Å². The number of nitrogens with two attached hydrogens (primary N) is 1. The molecule has 0 saturated carbocycles. The average Bonchev–Trinajstić information content (AvgIpc) is 2.70. The predicted molar refractivity (Wildman–Crippen MR) is 76.4 cm³/mol. The summed E-state index contributed by atoms with van der Waals surface area (Å²) in [6.45, 7) is 8.25. The highest BCUT2D eigenvalue weighted by molar-refractivity contribution is 7.12. The molecule has 2 aromatic heterocycles. The Morgan fingerprint density at radius 1 is 1.32 bits per heavy atom. The number of rotatable bonds is 2. The highest BCUT2D eigenvalue weighted by Gasteiger charge is 2.26. The van der Waals surface area contributed by atoms with Crippen LogP contribution in [0.4, 0.5) is 4.39 Å². The lowest BCUT2D eigenvalue weighted by Gasteiger charge is -2.24. The second-order valence-corrected chi connectivity index (χ2v) is 6.90. The first kappa shape index (κ1) is 14.1. The molecule has 0 saturated heterocycles. The van der Waals surface area contributed by atoms with Crippen molar-refractivity contribution in [3.8, 4) is 11.4 Å². The molecule has 5 heteroatoms. The third kappa shape index (κ3) is 2.98. The van der Waals surface area contributed by atoms with Gasteiger partial charge in [0.1, 0.15) is 16.5 Å². The lowest BCUT2D eigenvalue weighted by molar-refractivity contribution is 0.326. The van der Waals surface area contributed by atoms with Crippen molar-refractivity contribution >= 4 is 11.3 Å². The zero-order valence-corrected chi connectivity index (χ0v) is 12.4. The van der Waals surface area contributed by atoms with Gasteiger partial charge in [-0.1, -0.05) is 20.8 Å². The molecule has 19 heavy (non-hydrogen) atoms. The number of aromatic nitrogens is 2. The molecule has 0 aliphatic heterocycles. The number of hydrogen-bond acceptors (Lipinski definition) is 4. The van der Waals surface area contributed by atoms with Gasteiger partial charge in [-0.15, -0.1) is 11.3 Å². The van der Waals surface area contributed by atoms with E-state index in [4.69, 9.17) is 5.73 Å². The molecular formula is C14H18FN3S. The summed E-state index contributed by atoms with van der Waals surface area (Å²) in [5, 5.41) is 0.895. The lowest BCUT2D eigenvalue weighted by Crippen LogP contribution is -2.26. The van der Waals surface area contributed by atoms with Gasteiger partial charge in [0.25, 0.3) is 0 Å². The van der Waals surface area contributed by atoms with Crippen molar-refractivity contribution in [2.75, 3.05) is 0 Å². The van der Waals surface area contributed by atoms with Crippen LogP contribution in [-0.4, -0.2) is 9.97 Å². The predicted octanol–water partition coefficient (Wildman–Crippen LogP) is 3.70. The summed E-state index contributed by atoms with van der Waals surface area (Å²) < 4.78 is 12.9. The molecule has 0 fully saturated rings. The molecule has 2 N–H and O–H groups in total. The van der Waals surface area contributed by atoms with Crippen molar-refractivity contribution in [3.63, 3.8) is 0 Å². The molecule has 0 amide bonds. The number of nitrogens with zero attached hydrogens (tertiary/aromatic N) is 2. The van der Waals surface area contributed by atoms with Gasteiger partial charge in [-0.3, -0.25) is 4.98 Å². The molecule has 0 bridgehead atoms. The summed E-state index contributed by atoms with van der Waals surface area (Å²) in [5.41, 5.74) is 7.65. The van der Waals surface area contributed by atoms with E-state index >= 15 is 0 Å². The van der Waals surface area contributed by atoms with Crippen LogP contribution in [0.3, 0.4) is 0 Å². The molecule has 1 unspecified atom stereocenters. The number of pyridine rings is 1. The van der Waals surface area contributed by atoms with E-state index in [1.54, 1.807) is 17.4 Å². The fraction of sp³-hybridized carbons (Fsp3) is 0.429. The normalized spacial score (nSPS) is 13.6. The molecule has 3 nitrogen and oxygen atoms in total. The maximum absolute atomic E-state index is 12.9. The Labute approximate surface area is 116 Å². The molecule has 102 valence electrons. The van der Waals surface area contributed by atoms with Crippen LogP contribution in [0.15, 0.2) is 18.3 Å². The summed E-state index contributed by atoms with van der Waals surface area (Å²) >= 11 is 1.58. The topological polar surface area (TPSA) is 51.8 Å². The Morgan fingerprint density at radius 2 is 2.00 bits per heavy atom. The van der Waals surface area contributed by atoms with E-state index in [1.165, 1.54) is 12.3 Å². The Hall–Kier alpha value is -1.33. The fourth-order valence-corrected chi connectivity index (χ4v) is 2.85. The summed E-state index contributed by atoms with van der Waals surface area (Å²) in [6, 6.07) is 2.92. The molecule has 0 spiro atoms. The van der Waals surface area contributed by atoms with E-state index in [1.807, 2.05) is 6.92 Å². The Kier molecular flexibility index (Phi) is 3.69. The van der Waals surface area contributed by atoms with Crippen molar-refractivity contribution < 1.29 is 4.39 Å². The van der Waals surface area contributed by atoms with Crippen LogP contribution >= 0.6 is 11.3 Å². The summed E-state index contributed by atoms with van der Waals surface area (Å²) in [5.74, 6) is -0.344. The maximum atomic E-state index is 12.9. The maximum Gasteiger partial charge on any atom is 0.141 e. The molecular weight excluding hydrogens is 261 g/mol. The first-order valence-electron chi connectivity index (χ1n) is 6.14. The van der Waals surface area contributed by atoms with Gasteiger partial charge < -0.3 is 5.73 Å². The van der Waals surface area contributed by atoms with Crippen molar-refractivity contribution in [2.45, 2.75) is 33.7 Å². The van der Waals surface area contributed by atoms with Crippen LogP contribution in [0.2, 0.25) is 0 Å². The van der Waals surface area contributed by atoms with Gasteiger partial charge in [0.15, 0.2) is 0 Å². The minimum atomic E-state index is -0.344. The molecule has 2 aromatic rings. The van der Waals surface area contributed by atoms with E-state index in [-0.39, 0.29) is 17.3 Å². The fourth-order valence-electron chi connectivity index (χ4n) is 1.67. The number of aryl methyl sites for hydroxylation is 1. The highest BCUT2D eigenvalue weighted by atomic mass is 32.1. The van der Waals surface area contributed by atoms with Crippen molar-refractivity contribution in [1.82, 2.24) is 9.97 Å². The van der Waals surface area contributed by atoms with Crippen molar-refractivity contribution in [1.29, 1.82) is 0 Å². The van der Waals surface area contributed by atoms with Crippen LogP contribution in [0, 0.1) is 18.2 Å². The minimum absolute atomic E-state index is 0.0439. The molecule has 0 aliphatic rings. The van der Waals surface area contributed by atoms with Crippen LogP contribution in [-0.2, 0) is 0 Å². The average molecular weight is 279 g/mol. The van der Waals surface area contributed by atoms with Gasteiger partial charge in [-0.05, 0) is 24.5 Å². The SMILES string of the molecule is Cc1sc(C(N)C(C)(C)C)nc1-c1ccc(F)cn1.